The van der Waals surface area contributed by atoms with E-state index in [1.54, 1.807) is 31.4 Å². The standard InChI is InChI=1S/C18H15BrO5/c1-21-12-4-6-16(22-2)13(9-12)15(20)5-3-11-7-14(19)18-17(8-11)23-10-24-18/h3-9H,10H2,1-2H3/b5-3+. The van der Waals surface area contributed by atoms with Crippen molar-refractivity contribution in [1.82, 2.24) is 0 Å². The van der Waals surface area contributed by atoms with E-state index in [2.05, 4.69) is 15.9 Å². The number of methoxy groups -OCH3 is 2. The molecular weight excluding hydrogens is 376 g/mol. The fraction of sp³-hybridized carbons (Fsp3) is 0.167. The molecule has 0 unspecified atom stereocenters. The molecule has 0 saturated carbocycles. The summed E-state index contributed by atoms with van der Waals surface area (Å²) in [5.74, 6) is 2.23. The minimum atomic E-state index is -0.181. The molecule has 0 aliphatic carbocycles. The minimum Gasteiger partial charge on any atom is -0.497 e. The predicted octanol–water partition coefficient (Wildman–Crippen LogP) is 4.09. The Hall–Kier alpha value is -2.47. The molecule has 0 N–H and O–H groups in total. The highest BCUT2D eigenvalue weighted by Gasteiger charge is 2.17. The highest BCUT2D eigenvalue weighted by atomic mass is 79.9. The van der Waals surface area contributed by atoms with E-state index in [1.807, 2.05) is 12.1 Å². The summed E-state index contributed by atoms with van der Waals surface area (Å²) in [6.07, 6.45) is 3.20. The number of hydrogen-bond acceptors (Lipinski definition) is 5. The number of carbonyl (C=O) groups excluding carboxylic acids is 1. The Morgan fingerprint density at radius 3 is 2.75 bits per heavy atom. The second-order valence-electron chi connectivity index (χ2n) is 5.00. The number of fused-ring (bicyclic) bond motifs is 1. The molecule has 0 saturated heterocycles. The van der Waals surface area contributed by atoms with Crippen molar-refractivity contribution in [2.45, 2.75) is 0 Å². The second-order valence-corrected chi connectivity index (χ2v) is 5.85. The molecule has 2 aromatic carbocycles. The highest BCUT2D eigenvalue weighted by molar-refractivity contribution is 9.10. The van der Waals surface area contributed by atoms with Crippen molar-refractivity contribution in [2.24, 2.45) is 0 Å². The molecule has 1 aliphatic rings. The Kier molecular flexibility index (Phi) is 4.76. The maximum Gasteiger partial charge on any atom is 0.231 e. The fourth-order valence-corrected chi connectivity index (χ4v) is 2.93. The monoisotopic (exact) mass is 390 g/mol. The molecule has 2 aromatic rings. The van der Waals surface area contributed by atoms with E-state index in [0.29, 0.717) is 28.6 Å². The number of ether oxygens (including phenoxy) is 4. The molecule has 1 heterocycles. The van der Waals surface area contributed by atoms with E-state index in [-0.39, 0.29) is 12.6 Å². The highest BCUT2D eigenvalue weighted by Crippen LogP contribution is 2.40. The molecule has 0 aromatic heterocycles. The summed E-state index contributed by atoms with van der Waals surface area (Å²) in [7, 11) is 3.08. The smallest absolute Gasteiger partial charge is 0.231 e. The molecule has 0 spiro atoms. The van der Waals surface area contributed by atoms with Crippen molar-refractivity contribution in [2.75, 3.05) is 21.0 Å². The van der Waals surface area contributed by atoms with Gasteiger partial charge in [0.2, 0.25) is 6.79 Å². The van der Waals surface area contributed by atoms with Crippen molar-refractivity contribution in [3.63, 3.8) is 0 Å². The molecule has 6 heteroatoms. The molecule has 124 valence electrons. The van der Waals surface area contributed by atoms with Gasteiger partial charge in [-0.05, 0) is 57.9 Å². The fourth-order valence-electron chi connectivity index (χ4n) is 2.35. The van der Waals surface area contributed by atoms with Crippen LogP contribution in [0.25, 0.3) is 6.08 Å². The van der Waals surface area contributed by atoms with Crippen molar-refractivity contribution in [3.05, 3.63) is 52.0 Å². The minimum absolute atomic E-state index is 0.181. The summed E-state index contributed by atoms with van der Waals surface area (Å²) in [6, 6.07) is 8.78. The first-order valence-electron chi connectivity index (χ1n) is 7.16. The van der Waals surface area contributed by atoms with Crippen LogP contribution in [0.1, 0.15) is 15.9 Å². The topological polar surface area (TPSA) is 54.0 Å². The SMILES string of the molecule is COc1ccc(OC)c(C(=O)/C=C/c2cc(Br)c3c(c2)OCO3)c1. The number of ketones is 1. The quantitative estimate of drug-likeness (QED) is 0.568. The zero-order valence-corrected chi connectivity index (χ0v) is 14.8. The Morgan fingerprint density at radius 2 is 2.00 bits per heavy atom. The number of carbonyl (C=O) groups is 1. The number of rotatable bonds is 5. The largest absolute Gasteiger partial charge is 0.497 e. The summed E-state index contributed by atoms with van der Waals surface area (Å²) in [4.78, 5) is 12.5. The van der Waals surface area contributed by atoms with E-state index < -0.39 is 0 Å². The maximum atomic E-state index is 12.5. The van der Waals surface area contributed by atoms with Crippen molar-refractivity contribution in [1.29, 1.82) is 0 Å². The second kappa shape index (κ2) is 6.97. The molecule has 0 amide bonds. The van der Waals surface area contributed by atoms with Gasteiger partial charge in [-0.1, -0.05) is 6.08 Å². The van der Waals surface area contributed by atoms with E-state index in [1.165, 1.54) is 13.2 Å². The third-order valence-electron chi connectivity index (χ3n) is 3.55. The lowest BCUT2D eigenvalue weighted by atomic mass is 10.1. The van der Waals surface area contributed by atoms with Gasteiger partial charge in [0.15, 0.2) is 17.3 Å². The van der Waals surface area contributed by atoms with Crippen LogP contribution in [0, 0.1) is 0 Å². The van der Waals surface area contributed by atoms with Crippen LogP contribution in [0.2, 0.25) is 0 Å². The van der Waals surface area contributed by atoms with Gasteiger partial charge in [-0.15, -0.1) is 0 Å². The molecule has 0 fully saturated rings. The van der Waals surface area contributed by atoms with Gasteiger partial charge in [0.1, 0.15) is 11.5 Å². The molecule has 0 radical (unpaired) electrons. The first-order chi connectivity index (χ1) is 11.6. The summed E-state index contributed by atoms with van der Waals surface area (Å²) < 4.78 is 21.9. The van der Waals surface area contributed by atoms with Crippen molar-refractivity contribution >= 4 is 27.8 Å². The number of allylic oxidation sites excluding steroid dienone is 1. The molecule has 24 heavy (non-hydrogen) atoms. The zero-order valence-electron chi connectivity index (χ0n) is 13.2. The number of benzene rings is 2. The van der Waals surface area contributed by atoms with Crippen molar-refractivity contribution in [3.8, 4) is 23.0 Å². The lowest BCUT2D eigenvalue weighted by Gasteiger charge is -2.08. The summed E-state index contributed by atoms with van der Waals surface area (Å²) in [5, 5.41) is 0. The molecule has 0 bridgehead atoms. The van der Waals surface area contributed by atoms with Gasteiger partial charge in [0, 0.05) is 0 Å². The van der Waals surface area contributed by atoms with Gasteiger partial charge < -0.3 is 18.9 Å². The van der Waals surface area contributed by atoms with E-state index >= 15 is 0 Å². The van der Waals surface area contributed by atoms with Gasteiger partial charge in [-0.25, -0.2) is 0 Å². The Labute approximate surface area is 147 Å². The molecule has 1 aliphatic heterocycles. The van der Waals surface area contributed by atoms with E-state index in [9.17, 15) is 4.79 Å². The molecule has 0 atom stereocenters. The van der Waals surface area contributed by atoms with Crippen LogP contribution >= 0.6 is 15.9 Å². The summed E-state index contributed by atoms with van der Waals surface area (Å²) >= 11 is 3.43. The van der Waals surface area contributed by atoms with Crippen LogP contribution in [0.5, 0.6) is 23.0 Å². The first kappa shape index (κ1) is 16.4. The number of halogens is 1. The van der Waals surface area contributed by atoms with Crippen LogP contribution in [0.3, 0.4) is 0 Å². The Morgan fingerprint density at radius 1 is 1.17 bits per heavy atom. The van der Waals surface area contributed by atoms with Crippen LogP contribution in [-0.2, 0) is 0 Å². The Balaban J connectivity index is 1.87. The first-order valence-corrected chi connectivity index (χ1v) is 7.95. The van der Waals surface area contributed by atoms with Gasteiger partial charge in [0.05, 0.1) is 24.3 Å². The third-order valence-corrected chi connectivity index (χ3v) is 4.14. The van der Waals surface area contributed by atoms with Crippen LogP contribution in [-0.4, -0.2) is 26.8 Å². The maximum absolute atomic E-state index is 12.5. The third kappa shape index (κ3) is 3.23. The molecule has 3 rings (SSSR count). The van der Waals surface area contributed by atoms with Crippen LogP contribution in [0.4, 0.5) is 0 Å². The van der Waals surface area contributed by atoms with Crippen LogP contribution < -0.4 is 18.9 Å². The van der Waals surface area contributed by atoms with Crippen molar-refractivity contribution < 1.29 is 23.7 Å². The van der Waals surface area contributed by atoms with Gasteiger partial charge >= 0.3 is 0 Å². The van der Waals surface area contributed by atoms with Gasteiger partial charge in [0.25, 0.3) is 0 Å². The van der Waals surface area contributed by atoms with E-state index in [0.717, 1.165) is 10.0 Å². The molecule has 5 nitrogen and oxygen atoms in total. The lowest BCUT2D eigenvalue weighted by Crippen LogP contribution is -1.99. The molecular formula is C18H15BrO5. The summed E-state index contributed by atoms with van der Waals surface area (Å²) in [5.41, 5.74) is 1.26. The lowest BCUT2D eigenvalue weighted by molar-refractivity contribution is 0.104. The average Bonchev–Trinajstić information content (AvgIpc) is 3.08. The van der Waals surface area contributed by atoms with Crippen LogP contribution in [0.15, 0.2) is 40.9 Å². The normalized spacial score (nSPS) is 12.5. The van der Waals surface area contributed by atoms with Gasteiger partial charge in [-0.3, -0.25) is 4.79 Å². The predicted molar refractivity (Wildman–Crippen MR) is 93.2 cm³/mol. The number of hydrogen-bond donors (Lipinski definition) is 0. The van der Waals surface area contributed by atoms with Gasteiger partial charge in [-0.2, -0.15) is 0 Å². The van der Waals surface area contributed by atoms with E-state index in [4.69, 9.17) is 18.9 Å². The average molecular weight is 391 g/mol. The zero-order chi connectivity index (χ0) is 17.1. The summed E-state index contributed by atoms with van der Waals surface area (Å²) in [6.45, 7) is 0.195. The Bertz CT molecular complexity index is 813.